The van der Waals surface area contributed by atoms with Gasteiger partial charge in [0.2, 0.25) is 115 Å². The van der Waals surface area contributed by atoms with Crippen molar-refractivity contribution in [3.05, 3.63) is 0 Å². The molecule has 115 heteroatoms. The van der Waals surface area contributed by atoms with Crippen molar-refractivity contribution in [2.45, 2.75) is 130 Å². The molecule has 0 rings (SSSR count). The van der Waals surface area contributed by atoms with Crippen molar-refractivity contribution in [3.8, 4) is 0 Å². The van der Waals surface area contributed by atoms with Gasteiger partial charge in [0, 0.05) is 7.11 Å². The Morgan fingerprint density at radius 2 is 0.603 bits per heavy atom. The van der Waals surface area contributed by atoms with Crippen LogP contribution in [0.4, 0.5) is 0 Å². The van der Waals surface area contributed by atoms with Crippen molar-refractivity contribution >= 4 is 502 Å². The van der Waals surface area contributed by atoms with E-state index < -0.39 is 508 Å². The van der Waals surface area contributed by atoms with Crippen molar-refractivity contribution < 1.29 is 258 Å². The van der Waals surface area contributed by atoms with E-state index in [1.165, 1.54) is 19.6 Å². The summed E-state index contributed by atoms with van der Waals surface area (Å²) < 4.78 is 211. The van der Waals surface area contributed by atoms with Crippen molar-refractivity contribution in [1.29, 1.82) is 0 Å². The van der Waals surface area contributed by atoms with E-state index in [0.717, 1.165) is 78.4 Å². The lowest BCUT2D eigenvalue weighted by Gasteiger charge is -2.76. The van der Waals surface area contributed by atoms with Crippen LogP contribution in [0.25, 0.3) is 0 Å². The summed E-state index contributed by atoms with van der Waals surface area (Å²) in [5, 5.41) is 0. The molecule has 812 valence electrons. The fourth-order valence-corrected chi connectivity index (χ4v) is 1170. The van der Waals surface area contributed by atoms with Crippen LogP contribution in [0.3, 0.4) is 0 Å². The third kappa shape index (κ3) is 31.1. The Bertz CT molecular complexity index is 3210. The number of unbranched alkanes of at least 4 members (excludes halogenated alkanes) is 9. The molecular formula is C21H154O57Si58. The average Bonchev–Trinajstić information content (AvgIpc) is 0.613. The molecule has 0 aliphatic rings. The number of hydrogen-bond donors (Lipinski definition) is 33. The summed E-state index contributed by atoms with van der Waals surface area (Å²) in [6.07, 6.45) is 7.18. The lowest BCUT2D eigenvalue weighted by molar-refractivity contribution is 0.282. The molecule has 0 radical (unpaired) electrons. The van der Waals surface area contributed by atoms with Crippen LogP contribution < -0.4 is 0 Å². The molecule has 0 aliphatic carbocycles. The van der Waals surface area contributed by atoms with Gasteiger partial charge >= 0.3 is 79.2 Å². The fourth-order valence-electron chi connectivity index (χ4n) is 17.2. The molecule has 7 atom stereocenters. The van der Waals surface area contributed by atoms with Crippen LogP contribution in [-0.4, -0.2) is 668 Å². The highest BCUT2D eigenvalue weighted by molar-refractivity contribution is 8.35. The SMILES string of the molecule is CCCCCCCCCCCC[Si](C)(O)O[Si](O[Si](O[Si](O[Si](C)(C)O[Si](C)(C)C)([Si](O[Si](O[SiH2]O)([SiH2]O)[SiH2]O)([Si](O[SiH2]O)([SiH2]O)[SiH2]O)[Si](O[SiH2]O)([SiH2]O)[SiH2]O)[Si](O[Si](O[SiH2]O)([SiH2]O)[SiH](C)O)([Si](O[Si](C)([SiH3])OC)([Si](O[SiH]=O)([SiH]=O)[SiH]=O)[Si](O[SiH2]O)([SiH2]O)[SiH2]O)[Si](O[Si](O[SiH2]O)([SiH2]O)[SiH2]O)([Si](O[SiH2]O)([SiH2]O)[SiH2]O)[Si](O[SiH2]O)([SiH2]O)[SiH2]O)([Si](O[SiH2]O)([SiH2]O)[SiH2]O)[Si](O[SiH2]O)([SiH2]O)[SiH2]O)([SiH2]O)[SiH2]O. The highest BCUT2D eigenvalue weighted by Crippen LogP contribution is 2.61. The maximum Gasteiger partial charge on any atom is 0.472 e. The van der Waals surface area contributed by atoms with Crippen LogP contribution in [-0.2, 0) is 100 Å². The van der Waals surface area contributed by atoms with Crippen LogP contribution in [0, 0.1) is 0 Å². The van der Waals surface area contributed by atoms with Crippen molar-refractivity contribution in [1.82, 2.24) is 0 Å². The normalized spacial score (nSPS) is 24.3. The molecule has 7 unspecified atom stereocenters. The van der Waals surface area contributed by atoms with Crippen LogP contribution in [0.2, 0.25) is 58.4 Å². The smallest absolute Gasteiger partial charge is 0.472 e. The molecule has 0 bridgehead atoms. The van der Waals surface area contributed by atoms with Gasteiger partial charge in [0.15, 0.2) is 138 Å². The first-order valence-electron chi connectivity index (χ1n) is 42.6. The van der Waals surface area contributed by atoms with Gasteiger partial charge in [-0.2, -0.15) is 0 Å². The minimum absolute atomic E-state index is 0.0522. The van der Waals surface area contributed by atoms with Crippen LogP contribution in [0.1, 0.15) is 71.1 Å². The minimum atomic E-state index is -9.39. The summed E-state index contributed by atoms with van der Waals surface area (Å²) >= 11 is 0. The fraction of sp³-hybridized carbons (Fsp3) is 1.00. The van der Waals surface area contributed by atoms with Gasteiger partial charge < -0.3 is 258 Å². The van der Waals surface area contributed by atoms with Gasteiger partial charge in [-0.15, -0.1) is 0 Å². The molecule has 0 heterocycles. The summed E-state index contributed by atoms with van der Waals surface area (Å²) in [5.74, 6) is 0. The van der Waals surface area contributed by atoms with E-state index in [4.69, 9.17) is 82.6 Å². The van der Waals surface area contributed by atoms with Gasteiger partial charge in [-0.25, -0.2) is 0 Å². The number of rotatable bonds is 88. The van der Waals surface area contributed by atoms with Crippen LogP contribution >= 0.6 is 0 Å². The third-order valence-corrected chi connectivity index (χ3v) is 624. The molecule has 136 heavy (non-hydrogen) atoms. The van der Waals surface area contributed by atoms with E-state index in [2.05, 4.69) is 6.92 Å². The minimum Gasteiger partial charge on any atom is -0.577 e. The van der Waals surface area contributed by atoms with E-state index in [-0.39, 0.29) is 6.42 Å². The Kier molecular flexibility index (Phi) is 72.1. The molecular weight excluding hydrogens is 2790 g/mol. The first-order valence-corrected chi connectivity index (χ1v) is 186. The zero-order valence-electron chi connectivity index (χ0n) is 78.6. The van der Waals surface area contributed by atoms with Crippen molar-refractivity contribution in [2.24, 2.45) is 0 Å². The van der Waals surface area contributed by atoms with Crippen LogP contribution in [0.5, 0.6) is 0 Å². The Morgan fingerprint density at radius 1 is 0.301 bits per heavy atom. The van der Waals surface area contributed by atoms with Gasteiger partial charge in [-0.3, -0.25) is 0 Å². The quantitative estimate of drug-likeness (QED) is 0.0199. The summed E-state index contributed by atoms with van der Waals surface area (Å²) in [6.45, 7) is -78.9. The van der Waals surface area contributed by atoms with E-state index in [0.29, 0.717) is 19.3 Å². The molecule has 0 aromatic heterocycles. The lowest BCUT2D eigenvalue weighted by Crippen LogP contribution is -3.21. The highest BCUT2D eigenvalue weighted by Gasteiger charge is 3.08. The first-order chi connectivity index (χ1) is 64.0. The maximum atomic E-state index is 17.7. The van der Waals surface area contributed by atoms with E-state index in [1.54, 1.807) is 0 Å². The van der Waals surface area contributed by atoms with Gasteiger partial charge in [0.25, 0.3) is 160 Å². The van der Waals surface area contributed by atoms with Gasteiger partial charge in [0.1, 0.15) is 0 Å². The molecule has 0 saturated heterocycles. The van der Waals surface area contributed by atoms with Gasteiger partial charge in [0.05, 0.1) is 9.76 Å². The molecule has 0 fully saturated rings. The Labute approximate surface area is 887 Å². The Balaban J connectivity index is 17.5. The summed E-state index contributed by atoms with van der Waals surface area (Å²) in [6, 6.07) is -0.397. The predicted octanol–water partition coefficient (Wildman–Crippen LogP) is -51.0. The maximum absolute atomic E-state index is 17.7. The molecule has 0 aliphatic heterocycles. The molecule has 0 aromatic carbocycles. The molecule has 0 saturated carbocycles. The molecule has 0 aromatic rings. The zero-order chi connectivity index (χ0) is 105. The van der Waals surface area contributed by atoms with Crippen molar-refractivity contribution in [3.63, 3.8) is 0 Å². The second-order valence-electron chi connectivity index (χ2n) is 33.6. The summed E-state index contributed by atoms with van der Waals surface area (Å²) in [4.78, 5) is 450. The number of hydrogen-bond acceptors (Lipinski definition) is 57. The topological polar surface area (TPSA) is 913 Å². The van der Waals surface area contributed by atoms with E-state index in [9.17, 15) is 162 Å². The molecule has 33 N–H and O–H groups in total. The van der Waals surface area contributed by atoms with E-state index in [1.807, 2.05) is 0 Å². The average molecular weight is 2950 g/mol. The highest BCUT2D eigenvalue weighted by atomic mass is 30.6. The second kappa shape index (κ2) is 67.3. The Hall–Kier alpha value is 9.66. The molecule has 0 amide bonds. The first kappa shape index (κ1) is 146. The van der Waals surface area contributed by atoms with Gasteiger partial charge in [-0.05, 0) is 58.4 Å². The molecule has 0 spiro atoms. The third-order valence-electron chi connectivity index (χ3n) is 23.6. The largest absolute Gasteiger partial charge is 0.577 e. The summed E-state index contributed by atoms with van der Waals surface area (Å²) in [7, 11) is -209. The van der Waals surface area contributed by atoms with Gasteiger partial charge in [-0.1, -0.05) is 71.1 Å². The Morgan fingerprint density at radius 3 is 0.875 bits per heavy atom. The monoisotopic (exact) mass is 2940 g/mol. The lowest BCUT2D eigenvalue weighted by atomic mass is 10.1. The van der Waals surface area contributed by atoms with Crippen molar-refractivity contribution in [2.75, 3.05) is 7.11 Å². The standard InChI is InChI=1S/C21H154O57Si58/c1-11-12-13-14-15-16-17-18-19-20-21-117(9,57)72-121(95-37,96-38)74-123(125(98-40,99-41)62-83-25,126(100-42,101-43)63-84-26)78-124(71-116(7,8)70-115(4,5)6,133(127(102-44,103-45)64-85-27,128(104-46,105-47)65-86-28)75-119(91-33,92-34)59-80-22)134(77-122(97-39,61-82-24)114(3)56,135(73-118(10,79)58-2,129(106-48,107-49)66-87-29)130(108-50,109-51)67-88-30)136(131(110-52,111-53)68-89-31,132(112-54,113-55)69-90-32)76-120(93-35,94-36)60-81-23/h22-29,31-49,52-57,88,108-109,114H,11-21,80-87,89-107,110-113H2,1-10,79H3. The molecule has 57 nitrogen and oxygen atoms in total. The zero-order valence-corrected chi connectivity index (χ0v) is 151. The van der Waals surface area contributed by atoms with E-state index >= 15 is 13.4 Å². The van der Waals surface area contributed by atoms with Crippen LogP contribution in [0.15, 0.2) is 0 Å². The predicted molar refractivity (Wildman–Crippen MR) is 638 cm³/mol. The summed E-state index contributed by atoms with van der Waals surface area (Å²) in [5.41, 5.74) is 0. The second-order valence-corrected chi connectivity index (χ2v) is 359.